The van der Waals surface area contributed by atoms with E-state index in [4.69, 9.17) is 0 Å². The van der Waals surface area contributed by atoms with E-state index in [-0.39, 0.29) is 17.6 Å². The van der Waals surface area contributed by atoms with Crippen molar-refractivity contribution in [2.24, 2.45) is 0 Å². The lowest BCUT2D eigenvalue weighted by Gasteiger charge is -2.08. The van der Waals surface area contributed by atoms with Gasteiger partial charge in [-0.25, -0.2) is 4.98 Å². The summed E-state index contributed by atoms with van der Waals surface area (Å²) in [4.78, 5) is 28.1. The lowest BCUT2D eigenvalue weighted by molar-refractivity contribution is -0.114. The lowest BCUT2D eigenvalue weighted by atomic mass is 10.1. The zero-order valence-electron chi connectivity index (χ0n) is 16.2. The van der Waals surface area contributed by atoms with Crippen molar-refractivity contribution >= 4 is 45.7 Å². The molecule has 30 heavy (non-hydrogen) atoms. The molecule has 0 radical (unpaired) electrons. The molecular formula is C22H19N5O2S. The van der Waals surface area contributed by atoms with E-state index in [0.29, 0.717) is 16.7 Å². The Morgan fingerprint density at radius 2 is 1.80 bits per heavy atom. The summed E-state index contributed by atoms with van der Waals surface area (Å²) in [6.45, 7) is 1.46. The fourth-order valence-corrected chi connectivity index (χ4v) is 3.64. The van der Waals surface area contributed by atoms with Crippen LogP contribution >= 0.6 is 11.8 Å². The molecule has 3 aromatic carbocycles. The summed E-state index contributed by atoms with van der Waals surface area (Å²) in [5, 5.41) is 15.3. The molecule has 0 aliphatic rings. The van der Waals surface area contributed by atoms with Crippen LogP contribution in [0.15, 0.2) is 71.9 Å². The first-order chi connectivity index (χ1) is 14.6. The summed E-state index contributed by atoms with van der Waals surface area (Å²) in [6, 6.07) is 21.0. The van der Waals surface area contributed by atoms with Gasteiger partial charge in [0.25, 0.3) is 0 Å². The van der Waals surface area contributed by atoms with Gasteiger partial charge in [-0.2, -0.15) is 0 Å². The largest absolute Gasteiger partial charge is 0.326 e. The molecular weight excluding hydrogens is 398 g/mol. The summed E-state index contributed by atoms with van der Waals surface area (Å²) in [7, 11) is 0. The Balaban J connectivity index is 1.40. The quantitative estimate of drug-likeness (QED) is 0.406. The standard InChI is InChI=1S/C22H19N5O2S/c1-14(28)23-17-9-4-8-16(12-17)21-25-22(27-26-21)30-13-20(29)24-19-11-5-7-15-6-2-3-10-18(15)19/h2-12H,13H2,1H3,(H,23,28)(H,24,29)(H,25,26,27). The Hall–Kier alpha value is -3.65. The number of nitrogens with zero attached hydrogens (tertiary/aromatic N) is 2. The number of aromatic amines is 1. The van der Waals surface area contributed by atoms with Crippen molar-refractivity contribution in [3.63, 3.8) is 0 Å². The molecule has 0 atom stereocenters. The van der Waals surface area contributed by atoms with Crippen molar-refractivity contribution in [1.82, 2.24) is 15.2 Å². The maximum atomic E-state index is 12.4. The highest BCUT2D eigenvalue weighted by atomic mass is 32.2. The van der Waals surface area contributed by atoms with E-state index in [1.165, 1.54) is 18.7 Å². The zero-order chi connectivity index (χ0) is 20.9. The SMILES string of the molecule is CC(=O)Nc1cccc(-c2nc(SCC(=O)Nc3cccc4ccccc34)n[nH]2)c1. The number of H-pyrrole nitrogens is 1. The van der Waals surface area contributed by atoms with Crippen LogP contribution < -0.4 is 10.6 Å². The number of aromatic nitrogens is 3. The van der Waals surface area contributed by atoms with Gasteiger partial charge < -0.3 is 10.6 Å². The number of anilines is 2. The van der Waals surface area contributed by atoms with Crippen LogP contribution in [0.4, 0.5) is 11.4 Å². The number of fused-ring (bicyclic) bond motifs is 1. The van der Waals surface area contributed by atoms with Crippen molar-refractivity contribution < 1.29 is 9.59 Å². The molecule has 4 rings (SSSR count). The van der Waals surface area contributed by atoms with Crippen LogP contribution in [0.25, 0.3) is 22.2 Å². The van der Waals surface area contributed by atoms with Crippen LogP contribution in [0.3, 0.4) is 0 Å². The molecule has 0 fully saturated rings. The third-order valence-electron chi connectivity index (χ3n) is 4.32. The van der Waals surface area contributed by atoms with Gasteiger partial charge in [-0.3, -0.25) is 14.7 Å². The fourth-order valence-electron chi connectivity index (χ4n) is 3.04. The van der Waals surface area contributed by atoms with E-state index in [2.05, 4.69) is 25.8 Å². The minimum Gasteiger partial charge on any atom is -0.326 e. The molecule has 150 valence electrons. The van der Waals surface area contributed by atoms with Gasteiger partial charge >= 0.3 is 0 Å². The number of carbonyl (C=O) groups is 2. The minimum absolute atomic E-state index is 0.129. The van der Waals surface area contributed by atoms with E-state index in [9.17, 15) is 9.59 Å². The normalized spacial score (nSPS) is 10.7. The van der Waals surface area contributed by atoms with Crippen LogP contribution in [0.2, 0.25) is 0 Å². The maximum Gasteiger partial charge on any atom is 0.234 e. The van der Waals surface area contributed by atoms with Gasteiger partial charge in [-0.05, 0) is 23.6 Å². The Bertz CT molecular complexity index is 1220. The molecule has 0 spiro atoms. The first kappa shape index (κ1) is 19.7. The third kappa shape index (κ3) is 4.66. The zero-order valence-corrected chi connectivity index (χ0v) is 17.0. The second-order valence-electron chi connectivity index (χ2n) is 6.59. The van der Waals surface area contributed by atoms with Crippen molar-refractivity contribution in [2.45, 2.75) is 12.1 Å². The van der Waals surface area contributed by atoms with Gasteiger partial charge in [0.15, 0.2) is 5.82 Å². The number of benzene rings is 3. The number of amides is 2. The molecule has 2 amide bonds. The van der Waals surface area contributed by atoms with Crippen LogP contribution in [-0.4, -0.2) is 32.7 Å². The highest BCUT2D eigenvalue weighted by Crippen LogP contribution is 2.24. The Kier molecular flexibility index (Phi) is 5.76. The third-order valence-corrected chi connectivity index (χ3v) is 5.16. The fraction of sp³-hybridized carbons (Fsp3) is 0.0909. The first-order valence-corrected chi connectivity index (χ1v) is 10.3. The summed E-state index contributed by atoms with van der Waals surface area (Å²) >= 11 is 1.25. The Morgan fingerprint density at radius 3 is 2.67 bits per heavy atom. The second-order valence-corrected chi connectivity index (χ2v) is 7.53. The predicted octanol–water partition coefficient (Wildman–Crippen LogP) is 4.31. The molecule has 8 heteroatoms. The monoisotopic (exact) mass is 417 g/mol. The molecule has 3 N–H and O–H groups in total. The molecule has 0 saturated carbocycles. The minimum atomic E-state index is -0.141. The van der Waals surface area contributed by atoms with E-state index in [1.54, 1.807) is 6.07 Å². The molecule has 0 bridgehead atoms. The molecule has 0 aliphatic heterocycles. The smallest absolute Gasteiger partial charge is 0.234 e. The summed E-state index contributed by atoms with van der Waals surface area (Å²) in [5.74, 6) is 0.486. The van der Waals surface area contributed by atoms with E-state index in [1.807, 2.05) is 60.7 Å². The number of hydrogen-bond donors (Lipinski definition) is 3. The Morgan fingerprint density at radius 1 is 1.00 bits per heavy atom. The van der Waals surface area contributed by atoms with Gasteiger partial charge in [0.05, 0.1) is 5.75 Å². The summed E-state index contributed by atoms with van der Waals surface area (Å²) < 4.78 is 0. The van der Waals surface area contributed by atoms with Crippen LogP contribution in [0, 0.1) is 0 Å². The molecule has 1 aromatic heterocycles. The average Bonchev–Trinajstić information content (AvgIpc) is 3.21. The maximum absolute atomic E-state index is 12.4. The van der Waals surface area contributed by atoms with Gasteiger partial charge in [0.2, 0.25) is 17.0 Å². The van der Waals surface area contributed by atoms with Crippen LogP contribution in [-0.2, 0) is 9.59 Å². The first-order valence-electron chi connectivity index (χ1n) is 9.29. The molecule has 0 saturated heterocycles. The summed E-state index contributed by atoms with van der Waals surface area (Å²) in [5.41, 5.74) is 2.25. The average molecular weight is 417 g/mol. The van der Waals surface area contributed by atoms with E-state index in [0.717, 1.165) is 22.0 Å². The molecule has 0 unspecified atom stereocenters. The van der Waals surface area contributed by atoms with Crippen LogP contribution in [0.5, 0.6) is 0 Å². The topological polar surface area (TPSA) is 99.8 Å². The van der Waals surface area contributed by atoms with Gasteiger partial charge in [-0.15, -0.1) is 5.10 Å². The Labute approximate surface area is 177 Å². The van der Waals surface area contributed by atoms with Crippen LogP contribution in [0.1, 0.15) is 6.92 Å². The number of nitrogens with one attached hydrogen (secondary N) is 3. The summed E-state index contributed by atoms with van der Waals surface area (Å²) in [6.07, 6.45) is 0. The number of hydrogen-bond acceptors (Lipinski definition) is 5. The van der Waals surface area contributed by atoms with Crippen molar-refractivity contribution in [1.29, 1.82) is 0 Å². The number of thioether (sulfide) groups is 1. The molecule has 0 aliphatic carbocycles. The molecule has 1 heterocycles. The second kappa shape index (κ2) is 8.79. The van der Waals surface area contributed by atoms with Gasteiger partial charge in [0, 0.05) is 29.2 Å². The lowest BCUT2D eigenvalue weighted by Crippen LogP contribution is -2.14. The van der Waals surface area contributed by atoms with Gasteiger partial charge in [-0.1, -0.05) is 60.3 Å². The predicted molar refractivity (Wildman–Crippen MR) is 119 cm³/mol. The van der Waals surface area contributed by atoms with Crippen molar-refractivity contribution in [3.8, 4) is 11.4 Å². The van der Waals surface area contributed by atoms with Crippen molar-refractivity contribution in [3.05, 3.63) is 66.7 Å². The van der Waals surface area contributed by atoms with E-state index >= 15 is 0 Å². The molecule has 7 nitrogen and oxygen atoms in total. The van der Waals surface area contributed by atoms with Gasteiger partial charge in [0.1, 0.15) is 0 Å². The van der Waals surface area contributed by atoms with Crippen molar-refractivity contribution in [2.75, 3.05) is 16.4 Å². The number of carbonyl (C=O) groups excluding carboxylic acids is 2. The highest BCUT2D eigenvalue weighted by molar-refractivity contribution is 7.99. The number of rotatable bonds is 6. The highest BCUT2D eigenvalue weighted by Gasteiger charge is 2.11. The molecule has 4 aromatic rings. The van der Waals surface area contributed by atoms with E-state index < -0.39 is 0 Å².